The van der Waals surface area contributed by atoms with Crippen LogP contribution in [0.3, 0.4) is 0 Å². The molecule has 1 atom stereocenters. The summed E-state index contributed by atoms with van der Waals surface area (Å²) in [6.45, 7) is 14.9. The van der Waals surface area contributed by atoms with Gasteiger partial charge in [-0.15, -0.1) is 11.3 Å². The molecule has 6 heteroatoms. The number of nitrogens with one attached hydrogen (secondary N) is 1. The summed E-state index contributed by atoms with van der Waals surface area (Å²) in [6.07, 6.45) is 1.99. The van der Waals surface area contributed by atoms with E-state index in [1.807, 2.05) is 20.0 Å². The van der Waals surface area contributed by atoms with Crippen molar-refractivity contribution in [3.05, 3.63) is 34.8 Å². The number of benzene rings is 1. The third-order valence-electron chi connectivity index (χ3n) is 4.45. The average molecular weight is 404 g/mol. The van der Waals surface area contributed by atoms with Crippen LogP contribution in [-0.2, 0) is 4.79 Å². The van der Waals surface area contributed by atoms with Crippen molar-refractivity contribution in [2.45, 2.75) is 53.9 Å². The van der Waals surface area contributed by atoms with E-state index in [1.165, 1.54) is 0 Å². The van der Waals surface area contributed by atoms with E-state index < -0.39 is 5.97 Å². The molecule has 2 N–H and O–H groups in total. The number of anilines is 3. The Kier molecular flexibility index (Phi) is 7.87. The third-order valence-corrected chi connectivity index (χ3v) is 5.27. The molecule has 154 valence electrons. The van der Waals surface area contributed by atoms with Crippen LogP contribution in [0.2, 0.25) is 0 Å². The summed E-state index contributed by atoms with van der Waals surface area (Å²) < 4.78 is 0. The molecule has 0 saturated heterocycles. The van der Waals surface area contributed by atoms with E-state index >= 15 is 0 Å². The van der Waals surface area contributed by atoms with Crippen molar-refractivity contribution in [3.8, 4) is 0 Å². The van der Waals surface area contributed by atoms with Crippen molar-refractivity contribution in [2.24, 2.45) is 11.8 Å². The Morgan fingerprint density at radius 2 is 1.82 bits per heavy atom. The van der Waals surface area contributed by atoms with Gasteiger partial charge in [0.05, 0.1) is 17.8 Å². The predicted octanol–water partition coefficient (Wildman–Crippen LogP) is 5.89. The first-order valence-electron chi connectivity index (χ1n) is 9.95. The largest absolute Gasteiger partial charge is 0.481 e. The summed E-state index contributed by atoms with van der Waals surface area (Å²) in [7, 11) is 0. The highest BCUT2D eigenvalue weighted by atomic mass is 32.1. The van der Waals surface area contributed by atoms with Gasteiger partial charge in [0, 0.05) is 24.2 Å². The van der Waals surface area contributed by atoms with Gasteiger partial charge in [-0.2, -0.15) is 0 Å². The van der Waals surface area contributed by atoms with Crippen molar-refractivity contribution in [1.82, 2.24) is 4.98 Å². The van der Waals surface area contributed by atoms with E-state index in [-0.39, 0.29) is 12.3 Å². The zero-order valence-electron chi connectivity index (χ0n) is 17.8. The van der Waals surface area contributed by atoms with Crippen molar-refractivity contribution < 1.29 is 9.90 Å². The minimum atomic E-state index is -0.775. The first kappa shape index (κ1) is 22.2. The van der Waals surface area contributed by atoms with E-state index in [1.54, 1.807) is 11.3 Å². The lowest BCUT2D eigenvalue weighted by molar-refractivity contribution is -0.137. The van der Waals surface area contributed by atoms with Gasteiger partial charge in [0.15, 0.2) is 5.13 Å². The number of thiazole rings is 1. The van der Waals surface area contributed by atoms with Crippen LogP contribution in [-0.4, -0.2) is 29.1 Å². The second-order valence-corrected chi connectivity index (χ2v) is 9.60. The maximum Gasteiger partial charge on any atom is 0.303 e. The first-order chi connectivity index (χ1) is 13.2. The van der Waals surface area contributed by atoms with Gasteiger partial charge in [-0.05, 0) is 42.4 Å². The molecular formula is C22H33N3O2S. The SMILES string of the molecule is Cc1cnc(Nc2cc(C(C)CC(=O)O)ccc2N(CC(C)C)CC(C)C)s1. The maximum absolute atomic E-state index is 11.1. The molecular weight excluding hydrogens is 370 g/mol. The van der Waals surface area contributed by atoms with Gasteiger partial charge in [0.2, 0.25) is 0 Å². The molecule has 0 fully saturated rings. The maximum atomic E-state index is 11.1. The van der Waals surface area contributed by atoms with Crippen molar-refractivity contribution in [3.63, 3.8) is 0 Å². The molecule has 0 saturated carbocycles. The zero-order valence-corrected chi connectivity index (χ0v) is 18.6. The standard InChI is InChI=1S/C22H33N3O2S/c1-14(2)12-25(13-15(3)4)20-8-7-18(16(5)9-21(26)27)10-19(20)24-22-23-11-17(6)28-22/h7-8,10-11,14-16H,9,12-13H2,1-6H3,(H,23,24)(H,26,27). The number of aliphatic carboxylic acids is 1. The van der Waals surface area contributed by atoms with Crippen LogP contribution in [0, 0.1) is 18.8 Å². The van der Waals surface area contributed by atoms with Gasteiger partial charge in [0.1, 0.15) is 0 Å². The number of carboxylic acids is 1. The molecule has 5 nitrogen and oxygen atoms in total. The van der Waals surface area contributed by atoms with Crippen LogP contribution in [0.25, 0.3) is 0 Å². The van der Waals surface area contributed by atoms with Gasteiger partial charge < -0.3 is 15.3 Å². The lowest BCUT2D eigenvalue weighted by atomic mass is 9.96. The summed E-state index contributed by atoms with van der Waals surface area (Å²) in [5.74, 6) is 0.260. The van der Waals surface area contributed by atoms with Crippen LogP contribution in [0.1, 0.15) is 57.4 Å². The summed E-state index contributed by atoms with van der Waals surface area (Å²) in [5, 5.41) is 13.5. The quantitative estimate of drug-likeness (QED) is 0.518. The molecule has 0 aliphatic rings. The van der Waals surface area contributed by atoms with Crippen LogP contribution < -0.4 is 10.2 Å². The Bertz CT molecular complexity index is 776. The fourth-order valence-electron chi connectivity index (χ4n) is 3.30. The number of hydrogen-bond acceptors (Lipinski definition) is 5. The van der Waals surface area contributed by atoms with E-state index in [0.29, 0.717) is 11.8 Å². The van der Waals surface area contributed by atoms with Gasteiger partial charge in [0.25, 0.3) is 0 Å². The van der Waals surface area contributed by atoms with Crippen molar-refractivity contribution in [2.75, 3.05) is 23.3 Å². The smallest absolute Gasteiger partial charge is 0.303 e. The second kappa shape index (κ2) is 9.92. The van der Waals surface area contributed by atoms with Gasteiger partial charge in [-0.3, -0.25) is 4.79 Å². The number of carbonyl (C=O) groups is 1. The molecule has 0 aliphatic heterocycles. The molecule has 1 aromatic heterocycles. The number of aryl methyl sites for hydroxylation is 1. The Labute approximate surface area is 172 Å². The van der Waals surface area contributed by atoms with E-state index in [2.05, 4.69) is 61.1 Å². The van der Waals surface area contributed by atoms with E-state index in [4.69, 9.17) is 5.11 Å². The number of hydrogen-bond donors (Lipinski definition) is 2. The zero-order chi connectivity index (χ0) is 20.8. The molecule has 0 aliphatic carbocycles. The fourth-order valence-corrected chi connectivity index (χ4v) is 3.97. The monoisotopic (exact) mass is 403 g/mol. The van der Waals surface area contributed by atoms with Crippen molar-refractivity contribution in [1.29, 1.82) is 0 Å². The van der Waals surface area contributed by atoms with Crippen LogP contribution in [0.4, 0.5) is 16.5 Å². The summed E-state index contributed by atoms with van der Waals surface area (Å²) in [6, 6.07) is 6.28. The lowest BCUT2D eigenvalue weighted by Crippen LogP contribution is -2.31. The summed E-state index contributed by atoms with van der Waals surface area (Å²) in [4.78, 5) is 19.2. The van der Waals surface area contributed by atoms with Crippen LogP contribution >= 0.6 is 11.3 Å². The normalized spacial score (nSPS) is 12.4. The van der Waals surface area contributed by atoms with E-state index in [0.717, 1.165) is 40.0 Å². The minimum absolute atomic E-state index is 0.0474. The lowest BCUT2D eigenvalue weighted by Gasteiger charge is -2.31. The highest BCUT2D eigenvalue weighted by Gasteiger charge is 2.18. The van der Waals surface area contributed by atoms with Gasteiger partial charge >= 0.3 is 5.97 Å². The Balaban J connectivity index is 2.44. The molecule has 2 rings (SSSR count). The second-order valence-electron chi connectivity index (χ2n) is 8.37. The topological polar surface area (TPSA) is 65.5 Å². The molecule has 28 heavy (non-hydrogen) atoms. The van der Waals surface area contributed by atoms with Crippen LogP contribution in [0.5, 0.6) is 0 Å². The molecule has 0 spiro atoms. The molecule has 0 bridgehead atoms. The Morgan fingerprint density at radius 1 is 1.18 bits per heavy atom. The molecule has 1 aromatic carbocycles. The molecule has 2 aromatic rings. The number of aromatic nitrogens is 1. The number of rotatable bonds is 10. The first-order valence-corrected chi connectivity index (χ1v) is 10.8. The number of nitrogens with zero attached hydrogens (tertiary/aromatic N) is 2. The van der Waals surface area contributed by atoms with Crippen molar-refractivity contribution >= 4 is 33.8 Å². The molecule has 0 amide bonds. The highest BCUT2D eigenvalue weighted by Crippen LogP contribution is 2.35. The molecule has 0 radical (unpaired) electrons. The average Bonchev–Trinajstić information content (AvgIpc) is 2.97. The summed E-state index contributed by atoms with van der Waals surface area (Å²) in [5.41, 5.74) is 3.16. The Morgan fingerprint density at radius 3 is 2.32 bits per heavy atom. The fraction of sp³-hybridized carbons (Fsp3) is 0.545. The third kappa shape index (κ3) is 6.51. The summed E-state index contributed by atoms with van der Waals surface area (Å²) >= 11 is 1.62. The van der Waals surface area contributed by atoms with E-state index in [9.17, 15) is 4.79 Å². The molecule has 1 heterocycles. The van der Waals surface area contributed by atoms with Crippen LogP contribution in [0.15, 0.2) is 24.4 Å². The molecule has 1 unspecified atom stereocenters. The minimum Gasteiger partial charge on any atom is -0.481 e. The van der Waals surface area contributed by atoms with Gasteiger partial charge in [-0.25, -0.2) is 4.98 Å². The number of carboxylic acid groups (broad SMARTS) is 1. The highest BCUT2D eigenvalue weighted by molar-refractivity contribution is 7.15. The van der Waals surface area contributed by atoms with Gasteiger partial charge in [-0.1, -0.05) is 40.7 Å². The Hall–Kier alpha value is -2.08. The predicted molar refractivity (Wildman–Crippen MR) is 119 cm³/mol.